The summed E-state index contributed by atoms with van der Waals surface area (Å²) in [5.74, 6) is 0. The van der Waals surface area contributed by atoms with Gasteiger partial charge in [0.25, 0.3) is 0 Å². The lowest BCUT2D eigenvalue weighted by Gasteiger charge is -2.02. The van der Waals surface area contributed by atoms with Gasteiger partial charge in [-0.2, -0.15) is 0 Å². The highest BCUT2D eigenvalue weighted by atomic mass is 31.1. The predicted molar refractivity (Wildman–Crippen MR) is 81.8 cm³/mol. The van der Waals surface area contributed by atoms with E-state index in [2.05, 4.69) is 23.3 Å². The van der Waals surface area contributed by atoms with E-state index in [1.165, 1.54) is 75.6 Å². The van der Waals surface area contributed by atoms with Gasteiger partial charge in [0, 0.05) is 0 Å². The molecule has 0 aliphatic heterocycles. The van der Waals surface area contributed by atoms with Gasteiger partial charge in [0.15, 0.2) is 0 Å². The normalized spacial score (nSPS) is 11.4. The van der Waals surface area contributed by atoms with Crippen molar-refractivity contribution in [3.8, 4) is 0 Å². The van der Waals surface area contributed by atoms with E-state index in [1.807, 2.05) is 0 Å². The summed E-state index contributed by atoms with van der Waals surface area (Å²) < 4.78 is 8.76. The maximum Gasteiger partial charge on any atom is 0.0675 e. The summed E-state index contributed by atoms with van der Waals surface area (Å²) >= 11 is 0. The minimum Gasteiger partial charge on any atom is -0.225 e. The zero-order valence-corrected chi connectivity index (χ0v) is 13.2. The molecule has 3 heteroatoms. The van der Waals surface area contributed by atoms with Crippen molar-refractivity contribution in [2.75, 3.05) is 0 Å². The molecule has 0 saturated carbocycles. The first-order chi connectivity index (χ1) is 8.84. The van der Waals surface area contributed by atoms with Crippen molar-refractivity contribution in [3.63, 3.8) is 0 Å². The number of nitrogens with zero attached hydrogens (tertiary/aromatic N) is 2. The molecule has 0 amide bonds. The molecule has 0 bridgehead atoms. The fourth-order valence-electron chi connectivity index (χ4n) is 2.32. The molecule has 1 heterocycles. The Labute approximate surface area is 114 Å². The molecule has 1 atom stereocenters. The fraction of sp³-hybridized carbons (Fsp3) is 0.867. The van der Waals surface area contributed by atoms with Crippen LogP contribution in [0.25, 0.3) is 0 Å². The summed E-state index contributed by atoms with van der Waals surface area (Å²) in [6.07, 6.45) is 15.2. The summed E-state index contributed by atoms with van der Waals surface area (Å²) in [5, 5.41) is 0. The van der Waals surface area contributed by atoms with E-state index in [1.54, 1.807) is 0 Å². The van der Waals surface area contributed by atoms with Crippen molar-refractivity contribution < 1.29 is 0 Å². The molecule has 18 heavy (non-hydrogen) atoms. The Bertz CT molecular complexity index is 296. The first kappa shape index (κ1) is 15.7. The number of hydrogen-bond donors (Lipinski definition) is 0. The Hall–Kier alpha value is -0.360. The third-order valence-corrected chi connectivity index (χ3v) is 4.39. The van der Waals surface area contributed by atoms with Gasteiger partial charge in [0.1, 0.15) is 0 Å². The van der Waals surface area contributed by atoms with Crippen LogP contribution >= 0.6 is 8.51 Å². The Balaban J connectivity index is 1.83. The van der Waals surface area contributed by atoms with Crippen LogP contribution < -0.4 is 0 Å². The third kappa shape index (κ3) is 7.16. The molecule has 0 aromatic carbocycles. The second-order valence-corrected chi connectivity index (χ2v) is 5.93. The minimum absolute atomic E-state index is 0.457. The third-order valence-electron chi connectivity index (χ3n) is 3.59. The average molecular weight is 268 g/mol. The van der Waals surface area contributed by atoms with Gasteiger partial charge in [0.05, 0.1) is 19.9 Å². The second kappa shape index (κ2) is 10.6. The van der Waals surface area contributed by atoms with Gasteiger partial charge in [-0.25, -0.2) is 9.49 Å². The molecule has 0 aliphatic carbocycles. The maximum absolute atomic E-state index is 4.43. The highest BCUT2D eigenvalue weighted by Crippen LogP contribution is 2.14. The van der Waals surface area contributed by atoms with Gasteiger partial charge in [-0.1, -0.05) is 64.7 Å². The minimum atomic E-state index is 0.457. The lowest BCUT2D eigenvalue weighted by Crippen LogP contribution is -1.89. The van der Waals surface area contributed by atoms with Crippen molar-refractivity contribution in [1.29, 1.82) is 0 Å². The maximum atomic E-state index is 4.43. The van der Waals surface area contributed by atoms with E-state index in [0.717, 1.165) is 6.42 Å². The highest BCUT2D eigenvalue weighted by molar-refractivity contribution is 7.20. The smallest absolute Gasteiger partial charge is 0.0675 e. The van der Waals surface area contributed by atoms with Crippen LogP contribution in [-0.2, 0) is 6.42 Å². The van der Waals surface area contributed by atoms with E-state index in [-0.39, 0.29) is 0 Å². The van der Waals surface area contributed by atoms with Crippen molar-refractivity contribution >= 4 is 8.51 Å². The summed E-state index contributed by atoms with van der Waals surface area (Å²) in [4.78, 5) is 0. The average Bonchev–Trinajstić information content (AvgIpc) is 2.77. The summed E-state index contributed by atoms with van der Waals surface area (Å²) in [6, 6.07) is 0. The molecule has 0 radical (unpaired) electrons. The fourth-order valence-corrected chi connectivity index (χ4v) is 3.05. The van der Waals surface area contributed by atoms with Gasteiger partial charge >= 0.3 is 0 Å². The SMILES string of the molecule is CCCCCCCCCCCCc1n[pH]nc1C. The van der Waals surface area contributed by atoms with Crippen LogP contribution in [0.2, 0.25) is 0 Å². The zero-order chi connectivity index (χ0) is 13.1. The molecule has 1 rings (SSSR count). The number of hydrogen-bond acceptors (Lipinski definition) is 2. The molecule has 0 N–H and O–H groups in total. The van der Waals surface area contributed by atoms with Crippen LogP contribution in [0.4, 0.5) is 0 Å². The van der Waals surface area contributed by atoms with Crippen LogP contribution in [0, 0.1) is 6.92 Å². The molecule has 0 saturated heterocycles. The standard InChI is InChI=1S/C15H29N2P/c1-3-4-5-6-7-8-9-10-11-12-13-15-14(2)16-18-17-15/h18H,3-13H2,1-2H3. The van der Waals surface area contributed by atoms with Crippen LogP contribution in [0.15, 0.2) is 0 Å². The molecule has 104 valence electrons. The van der Waals surface area contributed by atoms with E-state index < -0.39 is 0 Å². The molecule has 2 nitrogen and oxygen atoms in total. The Morgan fingerprint density at radius 3 is 1.83 bits per heavy atom. The molecule has 0 fully saturated rings. The van der Waals surface area contributed by atoms with E-state index in [9.17, 15) is 0 Å². The van der Waals surface area contributed by atoms with Crippen LogP contribution in [0.3, 0.4) is 0 Å². The van der Waals surface area contributed by atoms with Crippen LogP contribution in [-0.4, -0.2) is 9.49 Å². The van der Waals surface area contributed by atoms with Crippen molar-refractivity contribution in [2.24, 2.45) is 0 Å². The Morgan fingerprint density at radius 1 is 0.778 bits per heavy atom. The van der Waals surface area contributed by atoms with Gasteiger partial charge in [-0.15, -0.1) is 0 Å². The number of unbranched alkanes of at least 4 members (excludes halogenated alkanes) is 9. The zero-order valence-electron chi connectivity index (χ0n) is 12.2. The van der Waals surface area contributed by atoms with Gasteiger partial charge in [-0.3, -0.25) is 0 Å². The molecule has 0 spiro atoms. The lowest BCUT2D eigenvalue weighted by atomic mass is 10.1. The van der Waals surface area contributed by atoms with Crippen LogP contribution in [0.1, 0.15) is 82.5 Å². The topological polar surface area (TPSA) is 25.8 Å². The Morgan fingerprint density at radius 2 is 1.33 bits per heavy atom. The van der Waals surface area contributed by atoms with Gasteiger partial charge in [-0.05, 0) is 19.8 Å². The van der Waals surface area contributed by atoms with Gasteiger partial charge < -0.3 is 0 Å². The lowest BCUT2D eigenvalue weighted by molar-refractivity contribution is 0.555. The Kier molecular flexibility index (Phi) is 9.20. The first-order valence-corrected chi connectivity index (χ1v) is 8.60. The molecule has 0 aliphatic rings. The van der Waals surface area contributed by atoms with Crippen molar-refractivity contribution in [1.82, 2.24) is 9.49 Å². The predicted octanol–water partition coefficient (Wildman–Crippen LogP) is 5.28. The molecule has 1 unspecified atom stereocenters. The van der Waals surface area contributed by atoms with Crippen molar-refractivity contribution in [3.05, 3.63) is 11.4 Å². The first-order valence-electron chi connectivity index (χ1n) is 7.71. The number of aromatic nitrogens is 2. The van der Waals surface area contributed by atoms with E-state index >= 15 is 0 Å². The quantitative estimate of drug-likeness (QED) is 0.510. The molecule has 1 aromatic heterocycles. The molecular weight excluding hydrogens is 239 g/mol. The molecular formula is C15H29N2P. The monoisotopic (exact) mass is 268 g/mol. The number of aryl methyl sites for hydroxylation is 2. The summed E-state index contributed by atoms with van der Waals surface area (Å²) in [7, 11) is 0.457. The number of rotatable bonds is 11. The summed E-state index contributed by atoms with van der Waals surface area (Å²) in [5.41, 5.74) is 2.46. The second-order valence-electron chi connectivity index (χ2n) is 5.29. The van der Waals surface area contributed by atoms with E-state index in [4.69, 9.17) is 0 Å². The van der Waals surface area contributed by atoms with E-state index in [0.29, 0.717) is 8.51 Å². The van der Waals surface area contributed by atoms with Gasteiger partial charge in [0.2, 0.25) is 0 Å². The molecule has 1 aromatic rings. The summed E-state index contributed by atoms with van der Waals surface area (Å²) in [6.45, 7) is 4.37. The largest absolute Gasteiger partial charge is 0.225 e. The van der Waals surface area contributed by atoms with Crippen molar-refractivity contribution in [2.45, 2.75) is 84.5 Å². The van der Waals surface area contributed by atoms with Crippen LogP contribution in [0.5, 0.6) is 0 Å². The highest BCUT2D eigenvalue weighted by Gasteiger charge is 2.01.